The second-order valence-electron chi connectivity index (χ2n) is 14.5. The van der Waals surface area contributed by atoms with Crippen LogP contribution in [0.5, 0.6) is 5.75 Å². The summed E-state index contributed by atoms with van der Waals surface area (Å²) < 4.78 is 0. The van der Waals surface area contributed by atoms with Crippen molar-refractivity contribution in [3.63, 3.8) is 0 Å². The summed E-state index contributed by atoms with van der Waals surface area (Å²) >= 11 is 0. The van der Waals surface area contributed by atoms with Gasteiger partial charge in [0.2, 0.25) is 0 Å². The number of Topliss-reactive ketones (excluding diaryl/α,β-unsaturated/α-hetero) is 1. The quantitative estimate of drug-likeness (QED) is 0.164. The highest BCUT2D eigenvalue weighted by atomic mass is 16.3. The SMILES string of the molecule is CC.CC(C)(CCCCCCCCC(O)CO)CC(C)(C)C(=O)c1cc(C(C)(C)C)c(O)c(C(C)(C)C)c1. The van der Waals surface area contributed by atoms with Crippen molar-refractivity contribution in [3.8, 4) is 5.75 Å². The van der Waals surface area contributed by atoms with Gasteiger partial charge in [0.1, 0.15) is 5.75 Å². The van der Waals surface area contributed by atoms with Crippen LogP contribution < -0.4 is 0 Å². The van der Waals surface area contributed by atoms with Crippen molar-refractivity contribution in [2.75, 3.05) is 6.61 Å². The number of ketones is 1. The molecule has 1 rings (SSSR count). The Morgan fingerprint density at radius 3 is 1.61 bits per heavy atom. The molecule has 0 aliphatic rings. The zero-order valence-electron chi connectivity index (χ0n) is 27.1. The molecule has 1 aromatic carbocycles. The number of aromatic hydroxyl groups is 1. The van der Waals surface area contributed by atoms with Crippen molar-refractivity contribution in [2.45, 2.75) is 158 Å². The number of unbranched alkanes of at least 4 members (excludes halogenated alkanes) is 5. The monoisotopic (exact) mass is 534 g/mol. The van der Waals surface area contributed by atoms with Crippen LogP contribution in [0.25, 0.3) is 0 Å². The first-order valence-corrected chi connectivity index (χ1v) is 15.0. The molecule has 0 bridgehead atoms. The van der Waals surface area contributed by atoms with E-state index in [4.69, 9.17) is 5.11 Å². The fourth-order valence-corrected chi connectivity index (χ4v) is 5.45. The Bertz CT molecular complexity index is 802. The standard InChI is InChI=1S/C32H56O4.C2H6/c1-29(2,3)25-19-23(20-26(27(25)35)30(4,5)6)28(36)32(9,10)22-31(7,8)18-16-14-12-11-13-15-17-24(34)21-33;1-2/h19-20,24,33-35H,11-18,21-22H2,1-10H3;1-2H3. The van der Waals surface area contributed by atoms with E-state index in [0.29, 0.717) is 17.7 Å². The summed E-state index contributed by atoms with van der Waals surface area (Å²) in [5, 5.41) is 29.3. The molecule has 4 heteroatoms. The minimum Gasteiger partial charge on any atom is -0.507 e. The summed E-state index contributed by atoms with van der Waals surface area (Å²) in [5.41, 5.74) is 1.40. The van der Waals surface area contributed by atoms with Crippen LogP contribution in [0.15, 0.2) is 12.1 Å². The number of aliphatic hydroxyl groups is 2. The molecule has 1 unspecified atom stereocenters. The van der Waals surface area contributed by atoms with Gasteiger partial charge in [-0.05, 0) is 47.6 Å². The number of phenols is 1. The molecule has 1 atom stereocenters. The molecule has 0 aliphatic heterocycles. The first-order valence-electron chi connectivity index (χ1n) is 15.0. The molecule has 0 saturated heterocycles. The van der Waals surface area contributed by atoms with E-state index in [2.05, 4.69) is 69.2 Å². The van der Waals surface area contributed by atoms with Gasteiger partial charge in [-0.3, -0.25) is 4.79 Å². The molecular weight excluding hydrogens is 472 g/mol. The predicted octanol–water partition coefficient (Wildman–Crippen LogP) is 9.11. The van der Waals surface area contributed by atoms with Crippen molar-refractivity contribution < 1.29 is 20.1 Å². The Hall–Kier alpha value is -1.39. The zero-order chi connectivity index (χ0) is 29.9. The number of carbonyl (C=O) groups excluding carboxylic acids is 1. The van der Waals surface area contributed by atoms with Crippen molar-refractivity contribution in [3.05, 3.63) is 28.8 Å². The number of phenolic OH excluding ortho intramolecular Hbond substituents is 1. The normalized spacial score (nSPS) is 13.6. The van der Waals surface area contributed by atoms with Crippen LogP contribution in [0.2, 0.25) is 0 Å². The van der Waals surface area contributed by atoms with E-state index >= 15 is 0 Å². The van der Waals surface area contributed by atoms with Gasteiger partial charge in [-0.1, -0.05) is 122 Å². The number of hydrogen-bond donors (Lipinski definition) is 3. The van der Waals surface area contributed by atoms with Crippen LogP contribution in [0.3, 0.4) is 0 Å². The topological polar surface area (TPSA) is 77.8 Å². The average molecular weight is 535 g/mol. The molecular formula is C34H62O4. The lowest BCUT2D eigenvalue weighted by molar-refractivity contribution is 0.0748. The van der Waals surface area contributed by atoms with Gasteiger partial charge in [-0.25, -0.2) is 0 Å². The molecule has 0 fully saturated rings. The highest BCUT2D eigenvalue weighted by Gasteiger charge is 2.37. The molecule has 0 aromatic heterocycles. The van der Waals surface area contributed by atoms with Crippen LogP contribution in [-0.2, 0) is 10.8 Å². The van der Waals surface area contributed by atoms with Crippen molar-refractivity contribution in [1.29, 1.82) is 0 Å². The molecule has 0 saturated carbocycles. The summed E-state index contributed by atoms with van der Waals surface area (Å²) in [6.07, 6.45) is 8.76. The molecule has 38 heavy (non-hydrogen) atoms. The lowest BCUT2D eigenvalue weighted by atomic mass is 9.68. The summed E-state index contributed by atoms with van der Waals surface area (Å²) in [6.45, 7) is 25.0. The molecule has 222 valence electrons. The average Bonchev–Trinajstić information content (AvgIpc) is 2.79. The van der Waals surface area contributed by atoms with Gasteiger partial charge < -0.3 is 15.3 Å². The molecule has 0 radical (unpaired) electrons. The van der Waals surface area contributed by atoms with E-state index in [0.717, 1.165) is 49.7 Å². The number of rotatable bonds is 14. The van der Waals surface area contributed by atoms with Gasteiger partial charge >= 0.3 is 0 Å². The van der Waals surface area contributed by atoms with E-state index in [-0.39, 0.29) is 28.6 Å². The number of carbonyl (C=O) groups is 1. The van der Waals surface area contributed by atoms with Crippen LogP contribution in [0.1, 0.15) is 162 Å². The van der Waals surface area contributed by atoms with Gasteiger partial charge in [0.25, 0.3) is 0 Å². The summed E-state index contributed by atoms with van der Waals surface area (Å²) in [5.74, 6) is 0.464. The minimum absolute atomic E-state index is 0.0566. The molecule has 0 amide bonds. The van der Waals surface area contributed by atoms with Crippen LogP contribution >= 0.6 is 0 Å². The molecule has 0 aliphatic carbocycles. The van der Waals surface area contributed by atoms with Gasteiger partial charge in [0.15, 0.2) is 5.78 Å². The fourth-order valence-electron chi connectivity index (χ4n) is 5.45. The molecule has 1 aromatic rings. The molecule has 4 nitrogen and oxygen atoms in total. The first-order chi connectivity index (χ1) is 17.3. The van der Waals surface area contributed by atoms with E-state index < -0.39 is 11.5 Å². The van der Waals surface area contributed by atoms with Crippen molar-refractivity contribution >= 4 is 5.78 Å². The summed E-state index contributed by atoms with van der Waals surface area (Å²) in [7, 11) is 0. The van der Waals surface area contributed by atoms with Crippen molar-refractivity contribution in [2.24, 2.45) is 10.8 Å². The van der Waals surface area contributed by atoms with Crippen molar-refractivity contribution in [1.82, 2.24) is 0 Å². The van der Waals surface area contributed by atoms with Crippen LogP contribution in [-0.4, -0.2) is 33.8 Å². The third-order valence-electron chi connectivity index (χ3n) is 7.37. The van der Waals surface area contributed by atoms with Crippen LogP contribution in [0, 0.1) is 10.8 Å². The second kappa shape index (κ2) is 15.4. The maximum atomic E-state index is 13.8. The lowest BCUT2D eigenvalue weighted by Gasteiger charge is -2.35. The minimum atomic E-state index is -0.571. The maximum Gasteiger partial charge on any atom is 0.168 e. The second-order valence-corrected chi connectivity index (χ2v) is 14.5. The highest BCUT2D eigenvalue weighted by molar-refractivity contribution is 6.00. The van der Waals surface area contributed by atoms with Gasteiger partial charge in [-0.2, -0.15) is 0 Å². The Kier molecular flexibility index (Phi) is 14.8. The predicted molar refractivity (Wildman–Crippen MR) is 163 cm³/mol. The largest absolute Gasteiger partial charge is 0.507 e. The highest BCUT2D eigenvalue weighted by Crippen LogP contribution is 2.43. The summed E-state index contributed by atoms with van der Waals surface area (Å²) in [4.78, 5) is 13.8. The van der Waals surface area contributed by atoms with E-state index in [9.17, 15) is 15.0 Å². The molecule has 3 N–H and O–H groups in total. The van der Waals surface area contributed by atoms with E-state index in [1.165, 1.54) is 12.8 Å². The number of hydrogen-bond acceptors (Lipinski definition) is 4. The Labute approximate surface area is 235 Å². The Morgan fingerprint density at radius 2 is 1.18 bits per heavy atom. The molecule has 0 heterocycles. The van der Waals surface area contributed by atoms with E-state index in [1.54, 1.807) is 0 Å². The molecule has 0 spiro atoms. The number of aliphatic hydroxyl groups excluding tert-OH is 2. The summed E-state index contributed by atoms with van der Waals surface area (Å²) in [6, 6.07) is 3.84. The van der Waals surface area contributed by atoms with Gasteiger partial charge in [0, 0.05) is 22.1 Å². The Balaban J connectivity index is 0.00000667. The lowest BCUT2D eigenvalue weighted by Crippen LogP contribution is -2.31. The maximum absolute atomic E-state index is 13.8. The van der Waals surface area contributed by atoms with Gasteiger partial charge in [-0.15, -0.1) is 0 Å². The smallest absolute Gasteiger partial charge is 0.168 e. The van der Waals surface area contributed by atoms with Crippen LogP contribution in [0.4, 0.5) is 0 Å². The fraction of sp³-hybridized carbons (Fsp3) is 0.794. The van der Waals surface area contributed by atoms with Gasteiger partial charge in [0.05, 0.1) is 12.7 Å². The first kappa shape index (κ1) is 36.6. The third kappa shape index (κ3) is 12.2. The van der Waals surface area contributed by atoms with E-state index in [1.807, 2.05) is 26.0 Å². The Morgan fingerprint density at radius 1 is 0.763 bits per heavy atom. The number of benzene rings is 1. The zero-order valence-corrected chi connectivity index (χ0v) is 27.1. The third-order valence-corrected chi connectivity index (χ3v) is 7.37.